The Kier molecular flexibility index (Phi) is 5.35. The van der Waals surface area contributed by atoms with Gasteiger partial charge in [-0.15, -0.1) is 10.2 Å². The average Bonchev–Trinajstić information content (AvgIpc) is 3.19. The summed E-state index contributed by atoms with van der Waals surface area (Å²) in [6.45, 7) is 4.43. The maximum absolute atomic E-state index is 12.9. The van der Waals surface area contributed by atoms with Gasteiger partial charge in [0.05, 0.1) is 12.7 Å². The SMILES string of the molecule is COc1ccc(Cl)cc1C(=O)N1CCN(c2ccc(-n3ccnc3C)nn2)CC1. The summed E-state index contributed by atoms with van der Waals surface area (Å²) >= 11 is 6.06. The summed E-state index contributed by atoms with van der Waals surface area (Å²) in [6, 6.07) is 8.94. The largest absolute Gasteiger partial charge is 0.496 e. The third-order valence-corrected chi connectivity index (χ3v) is 5.23. The number of ether oxygens (including phenoxy) is 1. The number of amides is 1. The molecule has 1 amide bonds. The molecule has 3 aromatic rings. The monoisotopic (exact) mass is 412 g/mol. The Morgan fingerprint density at radius 3 is 2.41 bits per heavy atom. The Bertz CT molecular complexity index is 1010. The Labute approximate surface area is 173 Å². The summed E-state index contributed by atoms with van der Waals surface area (Å²) in [5.74, 6) is 2.82. The number of rotatable bonds is 4. The number of aromatic nitrogens is 4. The van der Waals surface area contributed by atoms with Crippen molar-refractivity contribution < 1.29 is 9.53 Å². The maximum atomic E-state index is 12.9. The summed E-state index contributed by atoms with van der Waals surface area (Å²) < 4.78 is 7.19. The molecular weight excluding hydrogens is 392 g/mol. The molecule has 2 aromatic heterocycles. The highest BCUT2D eigenvalue weighted by Gasteiger charge is 2.25. The number of imidazole rings is 1. The summed E-state index contributed by atoms with van der Waals surface area (Å²) in [5.41, 5.74) is 0.480. The standard InChI is InChI=1S/C20H21ClN6O2/c1-14-22-7-8-27(14)19-6-5-18(23-24-19)25-9-11-26(12-10-25)20(28)16-13-15(21)3-4-17(16)29-2/h3-8,13H,9-12H2,1-2H3. The van der Waals surface area contributed by atoms with Crippen molar-refractivity contribution in [2.75, 3.05) is 38.2 Å². The lowest BCUT2D eigenvalue weighted by atomic mass is 10.1. The van der Waals surface area contributed by atoms with E-state index in [1.807, 2.05) is 29.8 Å². The lowest BCUT2D eigenvalue weighted by Crippen LogP contribution is -2.49. The molecule has 0 saturated carbocycles. The van der Waals surface area contributed by atoms with E-state index in [4.69, 9.17) is 16.3 Å². The molecule has 0 atom stereocenters. The number of carbonyl (C=O) groups is 1. The van der Waals surface area contributed by atoms with Gasteiger partial charge in [-0.2, -0.15) is 0 Å². The highest BCUT2D eigenvalue weighted by atomic mass is 35.5. The zero-order chi connectivity index (χ0) is 20.4. The van der Waals surface area contributed by atoms with Crippen molar-refractivity contribution >= 4 is 23.3 Å². The molecule has 9 heteroatoms. The van der Waals surface area contributed by atoms with Gasteiger partial charge in [-0.3, -0.25) is 9.36 Å². The minimum Gasteiger partial charge on any atom is -0.496 e. The van der Waals surface area contributed by atoms with Crippen LogP contribution >= 0.6 is 11.6 Å². The van der Waals surface area contributed by atoms with E-state index < -0.39 is 0 Å². The van der Waals surface area contributed by atoms with E-state index in [9.17, 15) is 4.79 Å². The van der Waals surface area contributed by atoms with Gasteiger partial charge in [0.25, 0.3) is 5.91 Å². The first-order chi connectivity index (χ1) is 14.1. The van der Waals surface area contributed by atoms with Crippen LogP contribution in [0.3, 0.4) is 0 Å². The Hall–Kier alpha value is -3.13. The Morgan fingerprint density at radius 2 is 1.79 bits per heavy atom. The minimum absolute atomic E-state index is 0.0824. The van der Waals surface area contributed by atoms with Crippen LogP contribution in [0.4, 0.5) is 5.82 Å². The zero-order valence-electron chi connectivity index (χ0n) is 16.2. The first-order valence-corrected chi connectivity index (χ1v) is 9.66. The van der Waals surface area contributed by atoms with E-state index in [1.165, 1.54) is 0 Å². The van der Waals surface area contributed by atoms with E-state index in [1.54, 1.807) is 36.4 Å². The maximum Gasteiger partial charge on any atom is 0.257 e. The van der Waals surface area contributed by atoms with Crippen molar-refractivity contribution in [1.82, 2.24) is 24.6 Å². The van der Waals surface area contributed by atoms with Crippen LogP contribution in [0, 0.1) is 6.92 Å². The zero-order valence-corrected chi connectivity index (χ0v) is 17.0. The summed E-state index contributed by atoms with van der Waals surface area (Å²) in [7, 11) is 1.55. The van der Waals surface area contributed by atoms with Gasteiger partial charge in [0.15, 0.2) is 11.6 Å². The average molecular weight is 413 g/mol. The number of halogens is 1. The highest BCUT2D eigenvalue weighted by Crippen LogP contribution is 2.25. The quantitative estimate of drug-likeness (QED) is 0.655. The van der Waals surface area contributed by atoms with Crippen molar-refractivity contribution in [2.24, 2.45) is 0 Å². The second kappa shape index (κ2) is 8.08. The fraction of sp³-hybridized carbons (Fsp3) is 0.300. The van der Waals surface area contributed by atoms with Gasteiger partial charge in [0.2, 0.25) is 0 Å². The number of piperazine rings is 1. The molecule has 1 fully saturated rings. The van der Waals surface area contributed by atoms with E-state index in [0.29, 0.717) is 42.5 Å². The molecule has 1 saturated heterocycles. The normalized spacial score (nSPS) is 14.2. The summed E-state index contributed by atoms with van der Waals surface area (Å²) in [6.07, 6.45) is 3.59. The molecule has 29 heavy (non-hydrogen) atoms. The second-order valence-corrected chi connectivity index (χ2v) is 7.15. The van der Waals surface area contributed by atoms with Crippen LogP contribution in [0.15, 0.2) is 42.7 Å². The predicted octanol–water partition coefficient (Wildman–Crippen LogP) is 2.60. The van der Waals surface area contributed by atoms with Crippen LogP contribution in [-0.2, 0) is 0 Å². The number of nitrogens with zero attached hydrogens (tertiary/aromatic N) is 6. The molecule has 0 unspecified atom stereocenters. The molecule has 1 aliphatic rings. The molecule has 1 aromatic carbocycles. The third kappa shape index (κ3) is 3.88. The topological polar surface area (TPSA) is 76.4 Å². The van der Waals surface area contributed by atoms with Crippen LogP contribution in [0.2, 0.25) is 5.02 Å². The lowest BCUT2D eigenvalue weighted by Gasteiger charge is -2.35. The number of hydrogen-bond donors (Lipinski definition) is 0. The summed E-state index contributed by atoms with van der Waals surface area (Å²) in [5, 5.41) is 9.17. The Morgan fingerprint density at radius 1 is 1.07 bits per heavy atom. The summed E-state index contributed by atoms with van der Waals surface area (Å²) in [4.78, 5) is 21.0. The van der Waals surface area contributed by atoms with Gasteiger partial charge < -0.3 is 14.5 Å². The van der Waals surface area contributed by atoms with E-state index in [2.05, 4.69) is 20.1 Å². The van der Waals surface area contributed by atoms with Crippen molar-refractivity contribution in [3.63, 3.8) is 0 Å². The molecule has 3 heterocycles. The number of carbonyl (C=O) groups excluding carboxylic acids is 1. The molecule has 0 radical (unpaired) electrons. The molecule has 0 bridgehead atoms. The van der Waals surface area contributed by atoms with Gasteiger partial charge in [0.1, 0.15) is 11.6 Å². The fourth-order valence-corrected chi connectivity index (χ4v) is 3.56. The number of anilines is 1. The van der Waals surface area contributed by atoms with Crippen LogP contribution in [-0.4, -0.2) is 63.8 Å². The molecule has 8 nitrogen and oxygen atoms in total. The van der Waals surface area contributed by atoms with Gasteiger partial charge in [0, 0.05) is 43.6 Å². The van der Waals surface area contributed by atoms with Gasteiger partial charge in [-0.1, -0.05) is 11.6 Å². The number of methoxy groups -OCH3 is 1. The van der Waals surface area contributed by atoms with E-state index in [0.717, 1.165) is 17.5 Å². The molecule has 150 valence electrons. The third-order valence-electron chi connectivity index (χ3n) is 4.99. The number of hydrogen-bond acceptors (Lipinski definition) is 6. The molecule has 0 spiro atoms. The Balaban J connectivity index is 1.42. The van der Waals surface area contributed by atoms with Gasteiger partial charge >= 0.3 is 0 Å². The van der Waals surface area contributed by atoms with Crippen LogP contribution in [0.1, 0.15) is 16.2 Å². The predicted molar refractivity (Wildman–Crippen MR) is 110 cm³/mol. The number of benzene rings is 1. The molecular formula is C20H21ClN6O2. The molecule has 0 aliphatic carbocycles. The van der Waals surface area contributed by atoms with E-state index >= 15 is 0 Å². The number of aryl methyl sites for hydroxylation is 1. The van der Waals surface area contributed by atoms with Crippen molar-refractivity contribution in [3.05, 3.63) is 59.1 Å². The molecule has 0 N–H and O–H groups in total. The van der Waals surface area contributed by atoms with Crippen LogP contribution in [0.5, 0.6) is 5.75 Å². The molecule has 4 rings (SSSR count). The van der Waals surface area contributed by atoms with Crippen LogP contribution in [0.25, 0.3) is 5.82 Å². The van der Waals surface area contributed by atoms with Gasteiger partial charge in [-0.25, -0.2) is 4.98 Å². The fourth-order valence-electron chi connectivity index (χ4n) is 3.39. The van der Waals surface area contributed by atoms with Gasteiger partial charge in [-0.05, 0) is 37.3 Å². The first kappa shape index (κ1) is 19.2. The smallest absolute Gasteiger partial charge is 0.257 e. The van der Waals surface area contributed by atoms with Crippen molar-refractivity contribution in [3.8, 4) is 11.6 Å². The first-order valence-electron chi connectivity index (χ1n) is 9.28. The van der Waals surface area contributed by atoms with Crippen molar-refractivity contribution in [1.29, 1.82) is 0 Å². The minimum atomic E-state index is -0.0824. The van der Waals surface area contributed by atoms with Crippen molar-refractivity contribution in [2.45, 2.75) is 6.92 Å². The highest BCUT2D eigenvalue weighted by molar-refractivity contribution is 6.31. The lowest BCUT2D eigenvalue weighted by molar-refractivity contribution is 0.0743. The second-order valence-electron chi connectivity index (χ2n) is 6.72. The van der Waals surface area contributed by atoms with E-state index in [-0.39, 0.29) is 5.91 Å². The van der Waals surface area contributed by atoms with Crippen LogP contribution < -0.4 is 9.64 Å². The molecule has 1 aliphatic heterocycles.